The Labute approximate surface area is 198 Å². The van der Waals surface area contributed by atoms with E-state index in [-0.39, 0.29) is 11.9 Å². The smallest absolute Gasteiger partial charge is 0.233 e. The van der Waals surface area contributed by atoms with Gasteiger partial charge in [0, 0.05) is 22.8 Å². The van der Waals surface area contributed by atoms with E-state index in [1.165, 1.54) is 27.1 Å². The van der Waals surface area contributed by atoms with Gasteiger partial charge in [-0.05, 0) is 47.9 Å². The van der Waals surface area contributed by atoms with Gasteiger partial charge in [0.05, 0.1) is 23.6 Å². The normalized spacial score (nSPS) is 15.7. The lowest BCUT2D eigenvalue weighted by Crippen LogP contribution is -2.40. The number of thioether (sulfide) groups is 1. The van der Waals surface area contributed by atoms with Gasteiger partial charge in [-0.2, -0.15) is 0 Å². The summed E-state index contributed by atoms with van der Waals surface area (Å²) < 4.78 is 7.41. The fourth-order valence-corrected chi connectivity index (χ4v) is 6.65. The largest absolute Gasteiger partial charge is 0.469 e. The van der Waals surface area contributed by atoms with Crippen LogP contribution < -0.4 is 0 Å². The lowest BCUT2D eigenvalue weighted by Gasteiger charge is -2.35. The molecular weight excluding hydrogens is 460 g/mol. The predicted molar refractivity (Wildman–Crippen MR) is 129 cm³/mol. The number of rotatable bonds is 7. The first kappa shape index (κ1) is 21.2. The summed E-state index contributed by atoms with van der Waals surface area (Å²) in [5, 5.41) is 13.6. The number of hydrogen-bond donors (Lipinski definition) is 0. The van der Waals surface area contributed by atoms with E-state index >= 15 is 0 Å². The van der Waals surface area contributed by atoms with E-state index in [0.717, 1.165) is 30.1 Å². The zero-order valence-corrected chi connectivity index (χ0v) is 20.0. The highest BCUT2D eigenvalue weighted by Gasteiger charge is 2.33. The molecule has 0 aliphatic carbocycles. The van der Waals surface area contributed by atoms with Gasteiger partial charge in [-0.25, -0.2) is 0 Å². The molecule has 1 unspecified atom stereocenters. The molecule has 0 aromatic carbocycles. The number of aromatic nitrogens is 3. The van der Waals surface area contributed by atoms with Crippen LogP contribution in [0.3, 0.4) is 0 Å². The molecule has 1 aliphatic rings. The highest BCUT2D eigenvalue weighted by molar-refractivity contribution is 7.99. The Balaban J connectivity index is 1.37. The van der Waals surface area contributed by atoms with Crippen LogP contribution in [-0.2, 0) is 17.8 Å². The molecule has 0 spiro atoms. The molecule has 5 heterocycles. The highest BCUT2D eigenvalue weighted by Crippen LogP contribution is 2.40. The predicted octanol–water partition coefficient (Wildman–Crippen LogP) is 5.42. The summed E-state index contributed by atoms with van der Waals surface area (Å²) in [4.78, 5) is 18.0. The Bertz CT molecular complexity index is 1240. The first-order valence-electron chi connectivity index (χ1n) is 10.3. The number of nitrogens with zero attached hydrogens (tertiary/aromatic N) is 4. The van der Waals surface area contributed by atoms with Gasteiger partial charge in [0.2, 0.25) is 5.91 Å². The standard InChI is InChI=1S/C23H22N4O2S3/c1-3-9-27-22(16-7-11-29-15(16)2)24-25-23(27)32-14-20(28)26-10-6-18-17(8-13-31-18)21(26)19-5-4-12-30-19/h3-5,7-8,11-13,21H,1,6,9-10,14H2,2H3. The molecule has 1 amide bonds. The van der Waals surface area contributed by atoms with Crippen molar-refractivity contribution >= 4 is 40.3 Å². The Kier molecular flexibility index (Phi) is 6.03. The molecule has 1 atom stereocenters. The van der Waals surface area contributed by atoms with Gasteiger partial charge in [-0.3, -0.25) is 9.36 Å². The van der Waals surface area contributed by atoms with Crippen LogP contribution in [0.15, 0.2) is 63.5 Å². The van der Waals surface area contributed by atoms with Crippen molar-refractivity contribution in [1.29, 1.82) is 0 Å². The Morgan fingerprint density at radius 3 is 2.97 bits per heavy atom. The van der Waals surface area contributed by atoms with Crippen molar-refractivity contribution in [1.82, 2.24) is 19.7 Å². The fourth-order valence-electron chi connectivity index (χ4n) is 4.05. The Morgan fingerprint density at radius 2 is 2.22 bits per heavy atom. The first-order chi connectivity index (χ1) is 15.7. The third kappa shape index (κ3) is 3.85. The number of aryl methyl sites for hydroxylation is 1. The third-order valence-electron chi connectivity index (χ3n) is 5.55. The van der Waals surface area contributed by atoms with Crippen molar-refractivity contribution in [2.24, 2.45) is 0 Å². The van der Waals surface area contributed by atoms with E-state index in [1.54, 1.807) is 28.9 Å². The van der Waals surface area contributed by atoms with Crippen LogP contribution in [0.5, 0.6) is 0 Å². The van der Waals surface area contributed by atoms with E-state index < -0.39 is 0 Å². The summed E-state index contributed by atoms with van der Waals surface area (Å²) in [6.07, 6.45) is 4.36. The van der Waals surface area contributed by atoms with Gasteiger partial charge in [0.25, 0.3) is 0 Å². The van der Waals surface area contributed by atoms with E-state index in [2.05, 4.69) is 45.7 Å². The Hall–Kier alpha value is -2.62. The van der Waals surface area contributed by atoms with Gasteiger partial charge >= 0.3 is 0 Å². The maximum absolute atomic E-state index is 13.4. The van der Waals surface area contributed by atoms with E-state index in [1.807, 2.05) is 28.5 Å². The topological polar surface area (TPSA) is 64.2 Å². The number of furan rings is 1. The summed E-state index contributed by atoms with van der Waals surface area (Å²) in [7, 11) is 0. The number of carbonyl (C=O) groups is 1. The van der Waals surface area contributed by atoms with Crippen molar-refractivity contribution in [3.05, 3.63) is 75.0 Å². The minimum atomic E-state index is -0.00622. The molecule has 4 aromatic rings. The zero-order valence-electron chi connectivity index (χ0n) is 17.6. The van der Waals surface area contributed by atoms with E-state index in [4.69, 9.17) is 4.42 Å². The minimum Gasteiger partial charge on any atom is -0.469 e. The molecule has 164 valence electrons. The van der Waals surface area contributed by atoms with Crippen LogP contribution in [0, 0.1) is 6.92 Å². The van der Waals surface area contributed by atoms with Gasteiger partial charge in [0.15, 0.2) is 11.0 Å². The van der Waals surface area contributed by atoms with Crippen molar-refractivity contribution in [2.45, 2.75) is 31.1 Å². The zero-order chi connectivity index (χ0) is 22.1. The number of carbonyl (C=O) groups excluding carboxylic acids is 1. The van der Waals surface area contributed by atoms with Crippen molar-refractivity contribution in [3.8, 4) is 11.4 Å². The second-order valence-electron chi connectivity index (χ2n) is 7.44. The maximum atomic E-state index is 13.4. The monoisotopic (exact) mass is 482 g/mol. The summed E-state index contributed by atoms with van der Waals surface area (Å²) >= 11 is 4.91. The second kappa shape index (κ2) is 9.09. The van der Waals surface area contributed by atoms with Crippen LogP contribution in [0.2, 0.25) is 0 Å². The molecule has 0 fully saturated rings. The van der Waals surface area contributed by atoms with Gasteiger partial charge in [-0.1, -0.05) is 23.9 Å². The van der Waals surface area contributed by atoms with E-state index in [0.29, 0.717) is 17.5 Å². The summed E-state index contributed by atoms with van der Waals surface area (Å²) in [6, 6.07) is 8.21. The van der Waals surface area contributed by atoms with Crippen LogP contribution in [-0.4, -0.2) is 37.9 Å². The average molecular weight is 483 g/mol. The molecule has 0 saturated carbocycles. The van der Waals surface area contributed by atoms with Crippen LogP contribution >= 0.6 is 34.4 Å². The Morgan fingerprint density at radius 1 is 1.31 bits per heavy atom. The molecule has 0 bridgehead atoms. The van der Waals surface area contributed by atoms with Crippen molar-refractivity contribution in [3.63, 3.8) is 0 Å². The molecule has 1 aliphatic heterocycles. The molecule has 0 radical (unpaired) electrons. The second-order valence-corrected chi connectivity index (χ2v) is 10.4. The maximum Gasteiger partial charge on any atom is 0.233 e. The summed E-state index contributed by atoms with van der Waals surface area (Å²) in [6.45, 7) is 7.05. The number of fused-ring (bicyclic) bond motifs is 1. The van der Waals surface area contributed by atoms with Gasteiger partial charge < -0.3 is 9.32 Å². The lowest BCUT2D eigenvalue weighted by molar-refractivity contribution is -0.130. The lowest BCUT2D eigenvalue weighted by atomic mass is 9.98. The SMILES string of the molecule is C=CCn1c(SCC(=O)N2CCc3sccc3C2c2cccs2)nnc1-c1ccoc1C. The molecule has 0 N–H and O–H groups in total. The van der Waals surface area contributed by atoms with Gasteiger partial charge in [0.1, 0.15) is 5.76 Å². The van der Waals surface area contributed by atoms with Gasteiger partial charge in [-0.15, -0.1) is 39.4 Å². The first-order valence-corrected chi connectivity index (χ1v) is 13.0. The summed E-state index contributed by atoms with van der Waals surface area (Å²) in [5.41, 5.74) is 2.16. The molecule has 6 nitrogen and oxygen atoms in total. The number of allylic oxidation sites excluding steroid dienone is 1. The third-order valence-corrected chi connectivity index (χ3v) is 8.42. The fraction of sp³-hybridized carbons (Fsp3) is 0.261. The quantitative estimate of drug-likeness (QED) is 0.260. The van der Waals surface area contributed by atoms with Crippen LogP contribution in [0.25, 0.3) is 11.4 Å². The highest BCUT2D eigenvalue weighted by atomic mass is 32.2. The molecular formula is C23H22N4O2S3. The molecule has 4 aromatic heterocycles. The van der Waals surface area contributed by atoms with E-state index in [9.17, 15) is 4.79 Å². The molecule has 0 saturated heterocycles. The molecule has 9 heteroatoms. The summed E-state index contributed by atoms with van der Waals surface area (Å²) in [5.74, 6) is 1.93. The molecule has 5 rings (SSSR count). The minimum absolute atomic E-state index is 0.00622. The number of amides is 1. The van der Waals surface area contributed by atoms with Crippen LogP contribution in [0.4, 0.5) is 0 Å². The van der Waals surface area contributed by atoms with Crippen LogP contribution in [0.1, 0.15) is 27.1 Å². The number of hydrogen-bond acceptors (Lipinski definition) is 7. The van der Waals surface area contributed by atoms with Crippen molar-refractivity contribution in [2.75, 3.05) is 12.3 Å². The number of thiophene rings is 2. The average Bonchev–Trinajstić information content (AvgIpc) is 3.59. The van der Waals surface area contributed by atoms with Crippen molar-refractivity contribution < 1.29 is 9.21 Å². The molecule has 32 heavy (non-hydrogen) atoms.